The number of hydrogen-bond acceptors (Lipinski definition) is 5. The predicted octanol–water partition coefficient (Wildman–Crippen LogP) is 11.5. The van der Waals surface area contributed by atoms with Gasteiger partial charge in [0.15, 0.2) is 16.6 Å². The fourth-order valence-corrected chi connectivity index (χ4v) is 13.5. The second-order valence-corrected chi connectivity index (χ2v) is 30.9. The minimum absolute atomic E-state index is 0.000456. The highest BCUT2D eigenvalue weighted by atomic mass is 32.2. The highest BCUT2D eigenvalue weighted by Crippen LogP contribution is 2.66. The normalized spacial score (nSPS) is 33.8. The van der Waals surface area contributed by atoms with E-state index in [0.29, 0.717) is 29.3 Å². The molecule has 0 radical (unpaired) electrons. The fraction of sp³-hybridized carbons (Fsp3) is 0.878. The monoisotopic (exact) mass is 718 g/mol. The van der Waals surface area contributed by atoms with Crippen molar-refractivity contribution in [2.75, 3.05) is 5.75 Å². The van der Waals surface area contributed by atoms with Gasteiger partial charge in [0.05, 0.1) is 17.8 Å². The fourth-order valence-electron chi connectivity index (χ4n) is 9.40. The third-order valence-electron chi connectivity index (χ3n) is 15.0. The molecule has 4 aliphatic rings. The number of thioether (sulfide) groups is 1. The van der Waals surface area contributed by atoms with Gasteiger partial charge in [0.2, 0.25) is 0 Å². The van der Waals surface area contributed by atoms with Crippen molar-refractivity contribution in [2.45, 2.75) is 193 Å². The van der Waals surface area contributed by atoms with E-state index in [9.17, 15) is 9.90 Å². The molecule has 0 aromatic carbocycles. The summed E-state index contributed by atoms with van der Waals surface area (Å²) in [4.78, 5) is 14.0. The molecule has 0 amide bonds. The number of carbonyl (C=O) groups is 1. The first kappa shape index (κ1) is 40.6. The van der Waals surface area contributed by atoms with Crippen molar-refractivity contribution in [3.63, 3.8) is 0 Å². The molecule has 276 valence electrons. The molecule has 0 aromatic heterocycles. The lowest BCUT2D eigenvalue weighted by Crippen LogP contribution is -2.58. The quantitative estimate of drug-likeness (QED) is 0.161. The van der Waals surface area contributed by atoms with Crippen molar-refractivity contribution in [3.05, 3.63) is 23.3 Å². The van der Waals surface area contributed by atoms with Crippen molar-refractivity contribution in [3.8, 4) is 0 Å². The summed E-state index contributed by atoms with van der Waals surface area (Å²) < 4.78 is 14.7. The summed E-state index contributed by atoms with van der Waals surface area (Å²) in [7, 11) is -4.02. The van der Waals surface area contributed by atoms with Gasteiger partial charge in [-0.25, -0.2) is 0 Å². The Bertz CT molecular complexity index is 1240. The number of Topliss-reactive ketones (excluding diaryl/α,β-unsaturated/α-hetero) is 1. The predicted molar refractivity (Wildman–Crippen MR) is 212 cm³/mol. The molecule has 0 bridgehead atoms. The molecule has 1 N–H and O–H groups in total. The van der Waals surface area contributed by atoms with Crippen LogP contribution < -0.4 is 0 Å². The molecular weight excluding hydrogens is 645 g/mol. The first-order chi connectivity index (χ1) is 21.9. The van der Waals surface area contributed by atoms with E-state index in [1.165, 1.54) is 11.1 Å². The molecule has 4 rings (SSSR count). The van der Waals surface area contributed by atoms with E-state index in [4.69, 9.17) is 8.85 Å². The third-order valence-corrected chi connectivity index (χ3v) is 25.3. The van der Waals surface area contributed by atoms with E-state index in [-0.39, 0.29) is 39.0 Å². The highest BCUT2D eigenvalue weighted by molar-refractivity contribution is 7.99. The highest BCUT2D eigenvalue weighted by Gasteiger charge is 2.62. The standard InChI is InChI=1S/C41H74O4SSi2/c1-16-41(43,17-2)22-18-24-46-28(3)36-34(42)27-33-31-20-19-29-25-30(44-47(12,13)37(4,5)6)26-35(45-48(14,15)38(7,8)9)40(29,11)32(31)21-23-39(33,36)10/h19-20,28,30,32-33,35-36,43H,16-18,21-27H2,1-15H3/t28-,30-,32+,33+,35+,36+,39+,40+/m1/s1. The molecule has 4 nitrogen and oxygen atoms in total. The molecule has 0 spiro atoms. The number of hydrogen-bond donors (Lipinski definition) is 1. The molecule has 0 saturated heterocycles. The van der Waals surface area contributed by atoms with Crippen LogP contribution in [-0.4, -0.2) is 56.3 Å². The van der Waals surface area contributed by atoms with Crippen LogP contribution in [0.3, 0.4) is 0 Å². The molecule has 7 heteroatoms. The van der Waals surface area contributed by atoms with E-state index in [2.05, 4.69) is 115 Å². The van der Waals surface area contributed by atoms with Crippen LogP contribution in [0.1, 0.15) is 134 Å². The molecule has 8 atom stereocenters. The SMILES string of the molecule is CCC(O)(CC)CCCS[C@H](C)[C@H]1C(=O)C[C@H]2C3=CC=C4C[C@@H](O[Si](C)(C)C(C)(C)C)C[C@H](O[Si](C)(C)C(C)(C)C)[C@]4(C)[C@H]3CC[C@]12C. The van der Waals surface area contributed by atoms with Gasteiger partial charge >= 0.3 is 0 Å². The van der Waals surface area contributed by atoms with Crippen LogP contribution in [0, 0.1) is 28.6 Å². The number of ketones is 1. The van der Waals surface area contributed by atoms with Crippen LogP contribution >= 0.6 is 11.8 Å². The van der Waals surface area contributed by atoms with Gasteiger partial charge in [-0.15, -0.1) is 0 Å². The van der Waals surface area contributed by atoms with Crippen LogP contribution in [0.2, 0.25) is 36.3 Å². The Kier molecular flexibility index (Phi) is 11.8. The van der Waals surface area contributed by atoms with Crippen LogP contribution in [-0.2, 0) is 13.6 Å². The molecule has 48 heavy (non-hydrogen) atoms. The Morgan fingerprint density at radius 3 is 2.08 bits per heavy atom. The van der Waals surface area contributed by atoms with E-state index in [1.54, 1.807) is 0 Å². The van der Waals surface area contributed by atoms with Gasteiger partial charge in [-0.2, -0.15) is 11.8 Å². The average Bonchev–Trinajstić information content (AvgIpc) is 3.24. The first-order valence-electron chi connectivity index (χ1n) is 19.5. The summed E-state index contributed by atoms with van der Waals surface area (Å²) in [5.74, 6) is 2.30. The van der Waals surface area contributed by atoms with E-state index >= 15 is 0 Å². The molecule has 0 aromatic rings. The maximum absolute atomic E-state index is 14.0. The maximum atomic E-state index is 14.0. The number of aliphatic hydroxyl groups is 1. The van der Waals surface area contributed by atoms with Gasteiger partial charge in [0.25, 0.3) is 0 Å². The van der Waals surface area contributed by atoms with Crippen LogP contribution in [0.15, 0.2) is 23.3 Å². The summed E-state index contributed by atoms with van der Waals surface area (Å²) in [6, 6.07) is 0. The average molecular weight is 719 g/mol. The van der Waals surface area contributed by atoms with Crippen LogP contribution in [0.5, 0.6) is 0 Å². The molecule has 3 saturated carbocycles. The lowest BCUT2D eigenvalue weighted by Gasteiger charge is -2.59. The van der Waals surface area contributed by atoms with Crippen molar-refractivity contribution < 1.29 is 18.8 Å². The lowest BCUT2D eigenvalue weighted by molar-refractivity contribution is -0.122. The Labute approximate surface area is 302 Å². The number of allylic oxidation sites excluding steroid dienone is 3. The number of rotatable bonds is 12. The topological polar surface area (TPSA) is 55.8 Å². The van der Waals surface area contributed by atoms with Crippen molar-refractivity contribution in [2.24, 2.45) is 28.6 Å². The Hall–Kier alpha value is -0.186. The van der Waals surface area contributed by atoms with Crippen LogP contribution in [0.25, 0.3) is 0 Å². The molecule has 0 unspecified atom stereocenters. The third kappa shape index (κ3) is 7.49. The Morgan fingerprint density at radius 2 is 1.52 bits per heavy atom. The summed E-state index contributed by atoms with van der Waals surface area (Å²) in [5, 5.41) is 11.4. The number of fused-ring (bicyclic) bond motifs is 5. The van der Waals surface area contributed by atoms with Crippen molar-refractivity contribution in [1.82, 2.24) is 0 Å². The lowest BCUT2D eigenvalue weighted by atomic mass is 9.49. The largest absolute Gasteiger partial charge is 0.414 e. The second-order valence-electron chi connectivity index (χ2n) is 19.9. The Balaban J connectivity index is 1.62. The van der Waals surface area contributed by atoms with Gasteiger partial charge in [-0.3, -0.25) is 4.79 Å². The molecule has 0 aliphatic heterocycles. The van der Waals surface area contributed by atoms with E-state index in [1.807, 2.05) is 11.8 Å². The minimum Gasteiger partial charge on any atom is -0.414 e. The van der Waals surface area contributed by atoms with E-state index < -0.39 is 22.2 Å². The molecule has 3 fully saturated rings. The molecular formula is C41H74O4SSi2. The minimum atomic E-state index is -2.07. The smallest absolute Gasteiger partial charge is 0.192 e. The zero-order chi connectivity index (χ0) is 36.3. The summed E-state index contributed by atoms with van der Waals surface area (Å²) in [6.07, 6.45) is 13.5. The van der Waals surface area contributed by atoms with Crippen molar-refractivity contribution >= 4 is 34.2 Å². The molecule has 0 heterocycles. The van der Waals surface area contributed by atoms with Gasteiger partial charge in [0.1, 0.15) is 5.78 Å². The van der Waals surface area contributed by atoms with Gasteiger partial charge in [0, 0.05) is 23.0 Å². The maximum Gasteiger partial charge on any atom is 0.192 e. The zero-order valence-electron chi connectivity index (χ0n) is 33.8. The zero-order valence-corrected chi connectivity index (χ0v) is 36.6. The molecule has 4 aliphatic carbocycles. The first-order valence-corrected chi connectivity index (χ1v) is 26.4. The Morgan fingerprint density at radius 1 is 0.938 bits per heavy atom. The van der Waals surface area contributed by atoms with Gasteiger partial charge < -0.3 is 14.0 Å². The number of carbonyl (C=O) groups excluding carboxylic acids is 1. The van der Waals surface area contributed by atoms with E-state index in [0.717, 1.165) is 57.1 Å². The second kappa shape index (κ2) is 14.0. The summed E-state index contributed by atoms with van der Waals surface area (Å²) in [5.41, 5.74) is 2.43. The van der Waals surface area contributed by atoms with Crippen molar-refractivity contribution in [1.29, 1.82) is 0 Å². The summed E-state index contributed by atoms with van der Waals surface area (Å²) >= 11 is 1.97. The van der Waals surface area contributed by atoms with Gasteiger partial charge in [-0.1, -0.05) is 99.5 Å². The van der Waals surface area contributed by atoms with Gasteiger partial charge in [-0.05, 0) is 111 Å². The van der Waals surface area contributed by atoms with Crippen LogP contribution in [0.4, 0.5) is 0 Å². The summed E-state index contributed by atoms with van der Waals surface area (Å²) in [6.45, 7) is 35.2.